The zero-order valence-corrected chi connectivity index (χ0v) is 13.0. The smallest absolute Gasteiger partial charge is 0.308 e. The van der Waals surface area contributed by atoms with Crippen molar-refractivity contribution in [2.24, 2.45) is 11.8 Å². The number of rotatable bonds is 3. The summed E-state index contributed by atoms with van der Waals surface area (Å²) in [5, 5.41) is 9.29. The number of amides is 1. The van der Waals surface area contributed by atoms with Crippen molar-refractivity contribution in [3.8, 4) is 0 Å². The van der Waals surface area contributed by atoms with Gasteiger partial charge in [-0.3, -0.25) is 9.59 Å². The third kappa shape index (κ3) is 2.40. The first kappa shape index (κ1) is 15.1. The van der Waals surface area contributed by atoms with E-state index in [9.17, 15) is 14.7 Å². The minimum absolute atomic E-state index is 0.0238. The first-order valence-electron chi connectivity index (χ1n) is 8.12. The molecule has 22 heavy (non-hydrogen) atoms. The van der Waals surface area contributed by atoms with Gasteiger partial charge >= 0.3 is 5.97 Å². The number of benzene rings is 1. The molecule has 0 bridgehead atoms. The lowest BCUT2D eigenvalue weighted by atomic mass is 9.77. The Bertz CT molecular complexity index is 563. The highest BCUT2D eigenvalue weighted by atomic mass is 16.4. The first-order chi connectivity index (χ1) is 10.5. The summed E-state index contributed by atoms with van der Waals surface area (Å²) in [6, 6.07) is 10.0. The Labute approximate surface area is 131 Å². The highest BCUT2D eigenvalue weighted by Crippen LogP contribution is 2.43. The second kappa shape index (κ2) is 5.75. The van der Waals surface area contributed by atoms with Crippen molar-refractivity contribution in [3.05, 3.63) is 35.9 Å². The average Bonchev–Trinajstić information content (AvgIpc) is 3.15. The van der Waals surface area contributed by atoms with Gasteiger partial charge in [-0.15, -0.1) is 0 Å². The lowest BCUT2D eigenvalue weighted by Gasteiger charge is -2.33. The van der Waals surface area contributed by atoms with E-state index in [0.29, 0.717) is 13.1 Å². The molecule has 1 aliphatic heterocycles. The molecule has 1 N–H and O–H groups in total. The van der Waals surface area contributed by atoms with Crippen molar-refractivity contribution < 1.29 is 14.7 Å². The summed E-state index contributed by atoms with van der Waals surface area (Å²) in [7, 11) is 0. The Morgan fingerprint density at radius 2 is 1.77 bits per heavy atom. The summed E-state index contributed by atoms with van der Waals surface area (Å²) in [4.78, 5) is 26.3. The third-order valence-corrected chi connectivity index (χ3v) is 5.41. The van der Waals surface area contributed by atoms with Gasteiger partial charge in [-0.2, -0.15) is 0 Å². The van der Waals surface area contributed by atoms with E-state index in [4.69, 9.17) is 0 Å². The number of carbonyl (C=O) groups excluding carboxylic acids is 1. The van der Waals surface area contributed by atoms with E-state index in [1.807, 2.05) is 37.3 Å². The Balaban J connectivity index is 1.87. The summed E-state index contributed by atoms with van der Waals surface area (Å²) in [5.41, 5.74) is 0.651. The molecule has 1 aliphatic carbocycles. The van der Waals surface area contributed by atoms with E-state index in [-0.39, 0.29) is 11.8 Å². The van der Waals surface area contributed by atoms with Gasteiger partial charge in [-0.1, -0.05) is 50.1 Å². The molecule has 2 aliphatic rings. The molecule has 0 unspecified atom stereocenters. The van der Waals surface area contributed by atoms with Crippen LogP contribution in [0.2, 0.25) is 0 Å². The zero-order chi connectivity index (χ0) is 15.7. The van der Waals surface area contributed by atoms with Crippen molar-refractivity contribution >= 4 is 11.9 Å². The second-order valence-electron chi connectivity index (χ2n) is 6.79. The molecule has 2 atom stereocenters. The molecule has 0 aromatic heterocycles. The molecule has 118 valence electrons. The summed E-state index contributed by atoms with van der Waals surface area (Å²) in [5.74, 6) is -1.07. The maximum Gasteiger partial charge on any atom is 0.308 e. The number of nitrogens with zero attached hydrogens (tertiary/aromatic N) is 1. The Morgan fingerprint density at radius 1 is 1.14 bits per heavy atom. The molecular formula is C18H23NO3. The van der Waals surface area contributed by atoms with Crippen molar-refractivity contribution in [3.63, 3.8) is 0 Å². The fourth-order valence-corrected chi connectivity index (χ4v) is 4.12. The molecular weight excluding hydrogens is 278 g/mol. The zero-order valence-electron chi connectivity index (χ0n) is 13.0. The van der Waals surface area contributed by atoms with Gasteiger partial charge in [0.15, 0.2) is 0 Å². The van der Waals surface area contributed by atoms with Crippen molar-refractivity contribution in [2.75, 3.05) is 13.1 Å². The van der Waals surface area contributed by atoms with Gasteiger partial charge in [0.1, 0.15) is 0 Å². The third-order valence-electron chi connectivity index (χ3n) is 5.41. The maximum absolute atomic E-state index is 13.2. The fourth-order valence-electron chi connectivity index (χ4n) is 4.12. The van der Waals surface area contributed by atoms with Crippen LogP contribution in [0.15, 0.2) is 30.3 Å². The second-order valence-corrected chi connectivity index (χ2v) is 6.79. The van der Waals surface area contributed by atoms with Crippen molar-refractivity contribution in [1.29, 1.82) is 0 Å². The van der Waals surface area contributed by atoms with E-state index in [1.165, 1.54) is 0 Å². The van der Waals surface area contributed by atoms with Crippen LogP contribution >= 0.6 is 0 Å². The van der Waals surface area contributed by atoms with Crippen molar-refractivity contribution in [1.82, 2.24) is 4.90 Å². The number of carboxylic acids is 1. The summed E-state index contributed by atoms with van der Waals surface area (Å²) in [6.07, 6.45) is 3.87. The van der Waals surface area contributed by atoms with E-state index < -0.39 is 17.3 Å². The van der Waals surface area contributed by atoms with Crippen LogP contribution in [0, 0.1) is 11.8 Å². The molecule has 1 amide bonds. The molecule has 4 heteroatoms. The van der Waals surface area contributed by atoms with Crippen LogP contribution in [0.3, 0.4) is 0 Å². The predicted octanol–water partition coefficient (Wildman–Crippen LogP) is 2.68. The largest absolute Gasteiger partial charge is 0.481 e. The standard InChI is InChI=1S/C18H23NO3/c1-13-11-19(12-15(13)16(20)21)17(22)18(9-5-6-10-18)14-7-3-2-4-8-14/h2-4,7-8,13,15H,5-6,9-12H2,1H3,(H,20,21)/t13-,15-/m1/s1. The first-order valence-corrected chi connectivity index (χ1v) is 8.12. The molecule has 1 aromatic carbocycles. The van der Waals surface area contributed by atoms with Crippen molar-refractivity contribution in [2.45, 2.75) is 38.0 Å². The van der Waals surface area contributed by atoms with Crippen LogP contribution in [0.4, 0.5) is 0 Å². The molecule has 4 nitrogen and oxygen atoms in total. The van der Waals surface area contributed by atoms with Crippen LogP contribution in [-0.4, -0.2) is 35.0 Å². The normalized spacial score (nSPS) is 27.0. The van der Waals surface area contributed by atoms with Gasteiger partial charge in [-0.05, 0) is 24.3 Å². The minimum Gasteiger partial charge on any atom is -0.481 e. The van der Waals surface area contributed by atoms with Gasteiger partial charge < -0.3 is 10.0 Å². The monoisotopic (exact) mass is 301 g/mol. The summed E-state index contributed by atoms with van der Waals surface area (Å²) in [6.45, 7) is 2.84. The molecule has 1 saturated heterocycles. The number of hydrogen-bond acceptors (Lipinski definition) is 2. The predicted molar refractivity (Wildman–Crippen MR) is 83.5 cm³/mol. The molecule has 0 radical (unpaired) electrons. The Hall–Kier alpha value is -1.84. The molecule has 2 fully saturated rings. The Kier molecular flexibility index (Phi) is 3.94. The lowest BCUT2D eigenvalue weighted by Crippen LogP contribution is -2.44. The van der Waals surface area contributed by atoms with E-state index in [0.717, 1.165) is 31.2 Å². The van der Waals surface area contributed by atoms with Gasteiger partial charge in [-0.25, -0.2) is 0 Å². The highest BCUT2D eigenvalue weighted by molar-refractivity contribution is 5.89. The quantitative estimate of drug-likeness (QED) is 0.934. The SMILES string of the molecule is C[C@@H]1CN(C(=O)C2(c3ccccc3)CCCC2)C[C@H]1C(=O)O. The van der Waals surface area contributed by atoms with Gasteiger partial charge in [0.25, 0.3) is 0 Å². The number of carbonyl (C=O) groups is 2. The maximum atomic E-state index is 13.2. The number of carboxylic acid groups (broad SMARTS) is 1. The van der Waals surface area contributed by atoms with Gasteiger partial charge in [0.2, 0.25) is 5.91 Å². The number of hydrogen-bond donors (Lipinski definition) is 1. The number of aliphatic carboxylic acids is 1. The van der Waals surface area contributed by atoms with E-state index >= 15 is 0 Å². The van der Waals surface area contributed by atoms with Crippen LogP contribution in [0.25, 0.3) is 0 Å². The highest BCUT2D eigenvalue weighted by Gasteiger charge is 2.48. The Morgan fingerprint density at radius 3 is 2.32 bits per heavy atom. The molecule has 1 saturated carbocycles. The molecule has 3 rings (SSSR count). The van der Waals surface area contributed by atoms with Crippen LogP contribution in [0.1, 0.15) is 38.2 Å². The lowest BCUT2D eigenvalue weighted by molar-refractivity contribution is -0.142. The summed E-state index contributed by atoms with van der Waals surface area (Å²) >= 11 is 0. The number of likely N-dealkylation sites (tertiary alicyclic amines) is 1. The van der Waals surface area contributed by atoms with Crippen LogP contribution in [0.5, 0.6) is 0 Å². The fraction of sp³-hybridized carbons (Fsp3) is 0.556. The topological polar surface area (TPSA) is 57.6 Å². The minimum atomic E-state index is -0.789. The molecule has 1 heterocycles. The van der Waals surface area contributed by atoms with Gasteiger partial charge in [0.05, 0.1) is 11.3 Å². The summed E-state index contributed by atoms with van der Waals surface area (Å²) < 4.78 is 0. The van der Waals surface area contributed by atoms with Gasteiger partial charge in [0, 0.05) is 13.1 Å². The van der Waals surface area contributed by atoms with Crippen LogP contribution in [-0.2, 0) is 15.0 Å². The molecule has 1 aromatic rings. The van der Waals surface area contributed by atoms with E-state index in [2.05, 4.69) is 0 Å². The van der Waals surface area contributed by atoms with Crippen LogP contribution < -0.4 is 0 Å². The average molecular weight is 301 g/mol. The molecule has 0 spiro atoms. The van der Waals surface area contributed by atoms with E-state index in [1.54, 1.807) is 4.90 Å².